The number of hydrogen-bond donors (Lipinski definition) is 0. The molecule has 4 aromatic rings. The Morgan fingerprint density at radius 3 is 2.09 bits per heavy atom. The number of aromatic nitrogens is 1. The lowest BCUT2D eigenvalue weighted by Crippen LogP contribution is -2.18. The fourth-order valence-electron chi connectivity index (χ4n) is 3.85. The van der Waals surface area contributed by atoms with Crippen LogP contribution in [0.1, 0.15) is 23.6 Å². The van der Waals surface area contributed by atoms with Gasteiger partial charge in [0.2, 0.25) is 5.13 Å². The highest BCUT2D eigenvalue weighted by molar-refractivity contribution is 14.1. The third-order valence-electron chi connectivity index (χ3n) is 5.66. The number of nitrogens with zero attached hydrogens (tertiary/aromatic N) is 3. The number of rotatable bonds is 6. The Morgan fingerprint density at radius 1 is 0.848 bits per heavy atom. The van der Waals surface area contributed by atoms with Crippen molar-refractivity contribution in [3.8, 4) is 22.8 Å². The van der Waals surface area contributed by atoms with Crippen LogP contribution in [0.15, 0.2) is 83.3 Å². The zero-order chi connectivity index (χ0) is 22.8. The first-order valence-electron chi connectivity index (χ1n) is 10.5. The van der Waals surface area contributed by atoms with Crippen LogP contribution in [-0.2, 0) is 0 Å². The van der Waals surface area contributed by atoms with E-state index in [4.69, 9.17) is 19.6 Å². The first-order chi connectivity index (χ1) is 16.1. The maximum Gasteiger partial charge on any atom is 0.207 e. The number of anilines is 1. The molecule has 1 aliphatic rings. The van der Waals surface area contributed by atoms with E-state index >= 15 is 0 Å². The molecule has 0 unspecified atom stereocenters. The predicted octanol–water partition coefficient (Wildman–Crippen LogP) is 6.79. The van der Waals surface area contributed by atoms with Gasteiger partial charge in [0.1, 0.15) is 11.5 Å². The van der Waals surface area contributed by atoms with Gasteiger partial charge in [0.15, 0.2) is 0 Å². The van der Waals surface area contributed by atoms with Gasteiger partial charge in [-0.3, -0.25) is 0 Å². The normalized spacial score (nSPS) is 15.4. The summed E-state index contributed by atoms with van der Waals surface area (Å²) in [5, 5.41) is 10.1. The molecule has 1 atom stereocenters. The molecule has 1 aliphatic heterocycles. The minimum Gasteiger partial charge on any atom is -0.497 e. The van der Waals surface area contributed by atoms with Gasteiger partial charge in [-0.1, -0.05) is 24.3 Å². The van der Waals surface area contributed by atoms with Crippen molar-refractivity contribution in [3.05, 3.63) is 92.9 Å². The van der Waals surface area contributed by atoms with E-state index in [-0.39, 0.29) is 6.04 Å². The molecule has 0 N–H and O–H groups in total. The van der Waals surface area contributed by atoms with Gasteiger partial charge in [0, 0.05) is 20.9 Å². The summed E-state index contributed by atoms with van der Waals surface area (Å²) in [5.41, 5.74) is 5.37. The largest absolute Gasteiger partial charge is 0.497 e. The smallest absolute Gasteiger partial charge is 0.207 e. The SMILES string of the molecule is COc1ccc(C2=NN(c3nc(-c4ccc(I)cc4)cs3)[C@@H](c3ccc(OC)cc3)C2)cc1. The number of halogens is 1. The van der Waals surface area contributed by atoms with Crippen LogP contribution < -0.4 is 14.5 Å². The second kappa shape index (κ2) is 9.52. The molecular weight excluding hydrogens is 545 g/mol. The summed E-state index contributed by atoms with van der Waals surface area (Å²) in [6.45, 7) is 0. The monoisotopic (exact) mass is 567 g/mol. The van der Waals surface area contributed by atoms with E-state index in [1.54, 1.807) is 25.6 Å². The van der Waals surface area contributed by atoms with E-state index in [2.05, 4.69) is 81.5 Å². The van der Waals surface area contributed by atoms with Crippen LogP contribution in [0, 0.1) is 3.57 Å². The van der Waals surface area contributed by atoms with Crippen molar-refractivity contribution in [2.24, 2.45) is 5.10 Å². The third-order valence-corrected chi connectivity index (χ3v) is 7.21. The lowest BCUT2D eigenvalue weighted by molar-refractivity contribution is 0.414. The second-order valence-corrected chi connectivity index (χ2v) is 9.72. The van der Waals surface area contributed by atoms with Crippen LogP contribution in [0.2, 0.25) is 0 Å². The van der Waals surface area contributed by atoms with Crippen molar-refractivity contribution in [3.63, 3.8) is 0 Å². The highest BCUT2D eigenvalue weighted by Crippen LogP contribution is 2.40. The van der Waals surface area contributed by atoms with E-state index in [1.165, 1.54) is 9.13 Å². The topological polar surface area (TPSA) is 47.0 Å². The highest BCUT2D eigenvalue weighted by Gasteiger charge is 2.31. The average Bonchev–Trinajstić information content (AvgIpc) is 3.52. The first-order valence-corrected chi connectivity index (χ1v) is 12.5. The number of hydrogen-bond acceptors (Lipinski definition) is 6. The molecule has 0 bridgehead atoms. The van der Waals surface area contributed by atoms with Gasteiger partial charge < -0.3 is 9.47 Å². The van der Waals surface area contributed by atoms with Crippen molar-refractivity contribution in [1.29, 1.82) is 0 Å². The van der Waals surface area contributed by atoms with E-state index in [1.807, 2.05) is 24.3 Å². The van der Waals surface area contributed by atoms with Crippen molar-refractivity contribution >= 4 is 44.8 Å². The van der Waals surface area contributed by atoms with E-state index in [0.29, 0.717) is 0 Å². The van der Waals surface area contributed by atoms with Crippen LogP contribution >= 0.6 is 33.9 Å². The highest BCUT2D eigenvalue weighted by atomic mass is 127. The molecule has 5 nitrogen and oxygen atoms in total. The van der Waals surface area contributed by atoms with Crippen LogP contribution in [0.5, 0.6) is 11.5 Å². The maximum absolute atomic E-state index is 5.35. The van der Waals surface area contributed by atoms with E-state index in [0.717, 1.165) is 45.6 Å². The van der Waals surface area contributed by atoms with Crippen LogP contribution in [0.4, 0.5) is 5.13 Å². The lowest BCUT2D eigenvalue weighted by Gasteiger charge is -2.21. The fourth-order valence-corrected chi connectivity index (χ4v) is 5.05. The molecule has 0 spiro atoms. The molecule has 3 aromatic carbocycles. The third kappa shape index (κ3) is 4.60. The molecule has 7 heteroatoms. The van der Waals surface area contributed by atoms with Crippen LogP contribution in [0.25, 0.3) is 11.3 Å². The number of hydrazone groups is 1. The van der Waals surface area contributed by atoms with Crippen LogP contribution in [-0.4, -0.2) is 24.9 Å². The molecule has 5 rings (SSSR count). The summed E-state index contributed by atoms with van der Waals surface area (Å²) in [7, 11) is 3.36. The van der Waals surface area contributed by atoms with E-state index < -0.39 is 0 Å². The first kappa shape index (κ1) is 21.9. The molecule has 33 heavy (non-hydrogen) atoms. The molecular formula is C26H22IN3O2S. The zero-order valence-electron chi connectivity index (χ0n) is 18.2. The summed E-state index contributed by atoms with van der Waals surface area (Å²) < 4.78 is 11.9. The Kier molecular flexibility index (Phi) is 6.32. The molecule has 0 amide bonds. The van der Waals surface area contributed by atoms with Crippen molar-refractivity contribution in [1.82, 2.24) is 4.98 Å². The Bertz CT molecular complexity index is 1270. The summed E-state index contributed by atoms with van der Waals surface area (Å²) in [4.78, 5) is 4.95. The number of ether oxygens (including phenoxy) is 2. The molecule has 0 fully saturated rings. The number of methoxy groups -OCH3 is 2. The molecule has 0 radical (unpaired) electrons. The Balaban J connectivity index is 1.51. The maximum atomic E-state index is 5.35. The molecule has 0 aliphatic carbocycles. The summed E-state index contributed by atoms with van der Waals surface area (Å²) in [5.74, 6) is 1.68. The number of thiazole rings is 1. The second-order valence-electron chi connectivity index (χ2n) is 7.64. The summed E-state index contributed by atoms with van der Waals surface area (Å²) in [6, 6.07) is 24.8. The number of benzene rings is 3. The standard InChI is InChI=1S/C26H22IN3O2S/c1-31-21-11-5-17(6-12-21)23-15-25(19-7-13-22(32-2)14-8-19)30(29-23)26-28-24(16-33-26)18-3-9-20(27)10-4-18/h3-14,16,25H,15H2,1-2H3/t25-/m1/s1. The van der Waals surface area contributed by atoms with Gasteiger partial charge in [-0.15, -0.1) is 11.3 Å². The molecule has 0 saturated carbocycles. The Morgan fingerprint density at radius 2 is 1.45 bits per heavy atom. The predicted molar refractivity (Wildman–Crippen MR) is 143 cm³/mol. The van der Waals surface area contributed by atoms with E-state index in [9.17, 15) is 0 Å². The molecule has 2 heterocycles. The minimum atomic E-state index is 0.0590. The van der Waals surface area contributed by atoms with Crippen molar-refractivity contribution < 1.29 is 9.47 Å². The molecule has 166 valence electrons. The Labute approximate surface area is 210 Å². The minimum absolute atomic E-state index is 0.0590. The van der Waals surface area contributed by atoms with Crippen LogP contribution in [0.3, 0.4) is 0 Å². The van der Waals surface area contributed by atoms with Gasteiger partial charge in [-0.05, 0) is 82.2 Å². The quantitative estimate of drug-likeness (QED) is 0.241. The van der Waals surface area contributed by atoms with Crippen molar-refractivity contribution in [2.45, 2.75) is 12.5 Å². The van der Waals surface area contributed by atoms with Gasteiger partial charge in [0.05, 0.1) is 31.7 Å². The average molecular weight is 567 g/mol. The lowest BCUT2D eigenvalue weighted by atomic mass is 9.98. The molecule has 1 aromatic heterocycles. The van der Waals surface area contributed by atoms with Crippen molar-refractivity contribution in [2.75, 3.05) is 19.2 Å². The van der Waals surface area contributed by atoms with Gasteiger partial charge in [-0.2, -0.15) is 5.10 Å². The fraction of sp³-hybridized carbons (Fsp3) is 0.154. The summed E-state index contributed by atoms with van der Waals surface area (Å²) in [6.07, 6.45) is 0.789. The summed E-state index contributed by atoms with van der Waals surface area (Å²) >= 11 is 3.93. The van der Waals surface area contributed by atoms with Gasteiger partial charge >= 0.3 is 0 Å². The Hall–Kier alpha value is -2.91. The molecule has 0 saturated heterocycles. The zero-order valence-corrected chi connectivity index (χ0v) is 21.2. The van der Waals surface area contributed by atoms with Gasteiger partial charge in [0.25, 0.3) is 0 Å². The van der Waals surface area contributed by atoms with Gasteiger partial charge in [-0.25, -0.2) is 9.99 Å².